The Labute approximate surface area is 130 Å². The van der Waals surface area contributed by atoms with Crippen LogP contribution in [0.5, 0.6) is 0 Å². The Morgan fingerprint density at radius 1 is 1.38 bits per heavy atom. The van der Waals surface area contributed by atoms with E-state index in [0.717, 1.165) is 36.2 Å². The molecule has 3 rings (SSSR count). The number of hydrogen-bond donors (Lipinski definition) is 2. The van der Waals surface area contributed by atoms with Gasteiger partial charge in [0, 0.05) is 16.3 Å². The summed E-state index contributed by atoms with van der Waals surface area (Å²) in [5, 5.41) is 12.2. The molecule has 0 fully saturated rings. The first-order valence-corrected chi connectivity index (χ1v) is 9.62. The van der Waals surface area contributed by atoms with Gasteiger partial charge in [0.15, 0.2) is 0 Å². The fraction of sp³-hybridized carbons (Fsp3) is 0.308. The molecule has 0 saturated carbocycles. The van der Waals surface area contributed by atoms with Gasteiger partial charge in [0.1, 0.15) is 4.21 Å². The molecule has 0 radical (unpaired) electrons. The van der Waals surface area contributed by atoms with Crippen molar-refractivity contribution in [3.8, 4) is 0 Å². The van der Waals surface area contributed by atoms with Crippen LogP contribution in [-0.2, 0) is 16.4 Å². The van der Waals surface area contributed by atoms with Gasteiger partial charge in [0.25, 0.3) is 10.0 Å². The second-order valence-corrected chi connectivity index (χ2v) is 8.68. The highest BCUT2D eigenvalue weighted by atomic mass is 32.2. The number of carboxylic acids is 1. The first kappa shape index (κ1) is 14.7. The van der Waals surface area contributed by atoms with Gasteiger partial charge in [-0.3, -0.25) is 0 Å². The SMILES string of the molecule is O=C(O)c1csc(S(=O)(=O)NC2CCCc3sccc32)c1. The lowest BCUT2D eigenvalue weighted by atomic mass is 9.95. The highest BCUT2D eigenvalue weighted by Crippen LogP contribution is 2.34. The molecule has 0 aliphatic heterocycles. The van der Waals surface area contributed by atoms with Gasteiger partial charge in [-0.25, -0.2) is 17.9 Å². The zero-order valence-corrected chi connectivity index (χ0v) is 13.4. The van der Waals surface area contributed by atoms with E-state index in [1.165, 1.54) is 16.3 Å². The van der Waals surface area contributed by atoms with E-state index >= 15 is 0 Å². The van der Waals surface area contributed by atoms with Crippen molar-refractivity contribution in [3.63, 3.8) is 0 Å². The minimum Gasteiger partial charge on any atom is -0.478 e. The molecule has 2 aromatic rings. The lowest BCUT2D eigenvalue weighted by molar-refractivity contribution is 0.0697. The van der Waals surface area contributed by atoms with Crippen LogP contribution in [0.15, 0.2) is 27.1 Å². The van der Waals surface area contributed by atoms with Gasteiger partial charge in [-0.15, -0.1) is 22.7 Å². The van der Waals surface area contributed by atoms with E-state index in [1.54, 1.807) is 11.3 Å². The highest BCUT2D eigenvalue weighted by molar-refractivity contribution is 7.91. The molecule has 0 spiro atoms. The number of carboxylic acid groups (broad SMARTS) is 1. The van der Waals surface area contributed by atoms with Crippen LogP contribution in [0.25, 0.3) is 0 Å². The summed E-state index contributed by atoms with van der Waals surface area (Å²) in [7, 11) is -3.68. The normalized spacial score (nSPS) is 18.4. The summed E-state index contributed by atoms with van der Waals surface area (Å²) in [5.41, 5.74) is 1.05. The van der Waals surface area contributed by atoms with E-state index in [9.17, 15) is 13.2 Å². The van der Waals surface area contributed by atoms with Gasteiger partial charge in [-0.1, -0.05) is 0 Å². The van der Waals surface area contributed by atoms with Gasteiger partial charge in [0.05, 0.1) is 5.56 Å². The number of aryl methyl sites for hydroxylation is 1. The molecule has 5 nitrogen and oxygen atoms in total. The molecule has 2 aromatic heterocycles. The van der Waals surface area contributed by atoms with Crippen LogP contribution in [0.3, 0.4) is 0 Å². The van der Waals surface area contributed by atoms with Crippen LogP contribution in [0, 0.1) is 0 Å². The highest BCUT2D eigenvalue weighted by Gasteiger charge is 2.27. The molecule has 112 valence electrons. The third-order valence-electron chi connectivity index (χ3n) is 3.44. The quantitative estimate of drug-likeness (QED) is 0.894. The molecule has 1 aliphatic rings. The first-order chi connectivity index (χ1) is 9.97. The molecule has 0 saturated heterocycles. The van der Waals surface area contributed by atoms with Crippen molar-refractivity contribution in [2.75, 3.05) is 0 Å². The lowest BCUT2D eigenvalue weighted by Gasteiger charge is -2.23. The maximum Gasteiger partial charge on any atom is 0.336 e. The smallest absolute Gasteiger partial charge is 0.336 e. The lowest BCUT2D eigenvalue weighted by Crippen LogP contribution is -2.30. The minimum absolute atomic E-state index is 0.000224. The van der Waals surface area contributed by atoms with E-state index in [4.69, 9.17) is 5.11 Å². The fourth-order valence-electron chi connectivity index (χ4n) is 2.42. The number of fused-ring (bicyclic) bond motifs is 1. The second kappa shape index (κ2) is 5.53. The van der Waals surface area contributed by atoms with E-state index in [1.807, 2.05) is 11.4 Å². The van der Waals surface area contributed by atoms with E-state index in [-0.39, 0.29) is 15.8 Å². The zero-order chi connectivity index (χ0) is 15.0. The van der Waals surface area contributed by atoms with Crippen LogP contribution < -0.4 is 4.72 Å². The Kier molecular flexibility index (Phi) is 3.87. The minimum atomic E-state index is -3.68. The summed E-state index contributed by atoms with van der Waals surface area (Å²) >= 11 is 2.58. The maximum atomic E-state index is 12.4. The largest absolute Gasteiger partial charge is 0.478 e. The monoisotopic (exact) mass is 343 g/mol. The predicted molar refractivity (Wildman–Crippen MR) is 81.6 cm³/mol. The number of rotatable bonds is 4. The molecule has 21 heavy (non-hydrogen) atoms. The molecule has 0 aromatic carbocycles. The summed E-state index contributed by atoms with van der Waals surface area (Å²) in [6, 6.07) is 2.94. The summed E-state index contributed by atoms with van der Waals surface area (Å²) in [5.74, 6) is -1.12. The third-order valence-corrected chi connectivity index (χ3v) is 7.34. The Balaban J connectivity index is 1.85. The van der Waals surface area contributed by atoms with E-state index < -0.39 is 16.0 Å². The summed E-state index contributed by atoms with van der Waals surface area (Å²) in [4.78, 5) is 12.1. The summed E-state index contributed by atoms with van der Waals surface area (Å²) < 4.78 is 27.5. The van der Waals surface area contributed by atoms with Crippen LogP contribution in [-0.4, -0.2) is 19.5 Å². The van der Waals surface area contributed by atoms with Crippen molar-refractivity contribution in [2.24, 2.45) is 0 Å². The predicted octanol–water partition coefficient (Wildman–Crippen LogP) is 2.86. The number of hydrogen-bond acceptors (Lipinski definition) is 5. The van der Waals surface area contributed by atoms with E-state index in [2.05, 4.69) is 4.72 Å². The van der Waals surface area contributed by atoms with Gasteiger partial charge in [-0.2, -0.15) is 0 Å². The third kappa shape index (κ3) is 2.89. The van der Waals surface area contributed by atoms with Gasteiger partial charge >= 0.3 is 5.97 Å². The van der Waals surface area contributed by atoms with Crippen LogP contribution in [0.1, 0.15) is 39.7 Å². The number of thiophene rings is 2. The van der Waals surface area contributed by atoms with Crippen molar-refractivity contribution in [3.05, 3.63) is 38.9 Å². The second-order valence-electron chi connectivity index (χ2n) is 4.82. The fourth-order valence-corrected chi connectivity index (χ4v) is 5.83. The van der Waals surface area contributed by atoms with Crippen LogP contribution in [0.2, 0.25) is 0 Å². The number of aromatic carboxylic acids is 1. The molecule has 1 aliphatic carbocycles. The summed E-state index contributed by atoms with van der Waals surface area (Å²) in [6.07, 6.45) is 2.71. The number of carbonyl (C=O) groups is 1. The Morgan fingerprint density at radius 2 is 2.19 bits per heavy atom. The van der Waals surface area contributed by atoms with E-state index in [0.29, 0.717) is 0 Å². The van der Waals surface area contributed by atoms with Crippen LogP contribution >= 0.6 is 22.7 Å². The van der Waals surface area contributed by atoms with Crippen LogP contribution in [0.4, 0.5) is 0 Å². The Hall–Kier alpha value is -1.22. The molecule has 2 N–H and O–H groups in total. The average Bonchev–Trinajstić information content (AvgIpc) is 3.08. The first-order valence-electron chi connectivity index (χ1n) is 6.38. The molecule has 1 atom stereocenters. The maximum absolute atomic E-state index is 12.4. The molecular weight excluding hydrogens is 330 g/mol. The van der Waals surface area contributed by atoms with Crippen molar-refractivity contribution in [1.29, 1.82) is 0 Å². The average molecular weight is 343 g/mol. The van der Waals surface area contributed by atoms with Crippen molar-refractivity contribution in [1.82, 2.24) is 4.72 Å². The Morgan fingerprint density at radius 3 is 2.90 bits per heavy atom. The molecule has 8 heteroatoms. The zero-order valence-electron chi connectivity index (χ0n) is 10.9. The summed E-state index contributed by atoms with van der Waals surface area (Å²) in [6.45, 7) is 0. The van der Waals surface area contributed by atoms with Gasteiger partial charge in [-0.05, 0) is 42.3 Å². The molecule has 0 bridgehead atoms. The Bertz CT molecular complexity index is 775. The number of nitrogens with one attached hydrogen (secondary N) is 1. The molecular formula is C13H13NO4S3. The molecule has 2 heterocycles. The standard InChI is InChI=1S/C13H13NO4S3/c15-13(16)8-6-12(20-7-8)21(17,18)14-10-2-1-3-11-9(10)4-5-19-11/h4-7,10,14H,1-3H2,(H,15,16). The van der Waals surface area contributed by atoms with Crippen molar-refractivity contribution < 1.29 is 18.3 Å². The topological polar surface area (TPSA) is 83.5 Å². The number of sulfonamides is 1. The van der Waals surface area contributed by atoms with Crippen molar-refractivity contribution in [2.45, 2.75) is 29.5 Å². The van der Waals surface area contributed by atoms with Gasteiger partial charge < -0.3 is 5.11 Å². The molecule has 1 unspecified atom stereocenters. The van der Waals surface area contributed by atoms with Crippen molar-refractivity contribution >= 4 is 38.7 Å². The van der Waals surface area contributed by atoms with Gasteiger partial charge in [0.2, 0.25) is 0 Å². The molecule has 0 amide bonds.